The molecule has 2 aliphatic carbocycles. The topological polar surface area (TPSA) is 76.7 Å². The van der Waals surface area contributed by atoms with Crippen molar-refractivity contribution < 1.29 is 18.4 Å². The van der Waals surface area contributed by atoms with Gasteiger partial charge in [0, 0.05) is 0 Å². The van der Waals surface area contributed by atoms with E-state index in [0.717, 1.165) is 43.2 Å². The van der Waals surface area contributed by atoms with Crippen molar-refractivity contribution in [3.05, 3.63) is 70.3 Å². The highest BCUT2D eigenvalue weighted by molar-refractivity contribution is 7.80. The Bertz CT molecular complexity index is 1300. The summed E-state index contributed by atoms with van der Waals surface area (Å²) in [5.74, 6) is -0.253. The molecule has 0 aromatic heterocycles. The molecule has 0 aliphatic heterocycles. The molecule has 1 saturated carbocycles. The average molecular weight is 599 g/mol. The Labute approximate surface area is 251 Å². The number of aryl methyl sites for hydroxylation is 2. The second kappa shape index (κ2) is 12.7. The Kier molecular flexibility index (Phi) is 9.85. The predicted octanol–water partition coefficient (Wildman–Crippen LogP) is 8.08. The van der Waals surface area contributed by atoms with Gasteiger partial charge in [0.2, 0.25) is 5.91 Å². The van der Waals surface area contributed by atoms with Gasteiger partial charge in [0.15, 0.2) is 10.9 Å². The van der Waals surface area contributed by atoms with E-state index in [1.165, 1.54) is 16.7 Å². The van der Waals surface area contributed by atoms with E-state index in [0.29, 0.717) is 5.92 Å². The number of carbonyl (C=O) groups excluding carboxylic acids is 1. The summed E-state index contributed by atoms with van der Waals surface area (Å²) in [5.41, 5.74) is 5.33. The lowest BCUT2D eigenvalue weighted by Gasteiger charge is -2.54. The first kappa shape index (κ1) is 31.9. The summed E-state index contributed by atoms with van der Waals surface area (Å²) in [6.07, 6.45) is 4.78. The maximum Gasteiger partial charge on any atom is 0.357 e. The number of rotatable bonds is 9. The zero-order chi connectivity index (χ0) is 30.0. The molecule has 2 aliphatic rings. The van der Waals surface area contributed by atoms with Crippen LogP contribution in [0.2, 0.25) is 0 Å². The molecule has 1 amide bonds. The molecule has 1 unspecified atom stereocenters. The molecule has 0 heterocycles. The van der Waals surface area contributed by atoms with Gasteiger partial charge >= 0.3 is 7.60 Å². The Morgan fingerprint density at radius 1 is 1.05 bits per heavy atom. The van der Waals surface area contributed by atoms with Crippen molar-refractivity contribution >= 4 is 30.8 Å². The van der Waals surface area contributed by atoms with E-state index in [1.54, 1.807) is 13.8 Å². The maximum atomic E-state index is 14.1. The first-order valence-corrected chi connectivity index (χ1v) is 17.1. The molecule has 41 heavy (non-hydrogen) atoms. The fourth-order valence-electron chi connectivity index (χ4n) is 7.19. The minimum Gasteiger partial charge on any atom is -0.345 e. The summed E-state index contributed by atoms with van der Waals surface area (Å²) in [4.78, 5) is 14.1. The zero-order valence-electron chi connectivity index (χ0n) is 25.7. The van der Waals surface area contributed by atoms with E-state index < -0.39 is 18.8 Å². The predicted molar refractivity (Wildman–Crippen MR) is 170 cm³/mol. The van der Waals surface area contributed by atoms with E-state index in [4.69, 9.17) is 21.3 Å². The summed E-state index contributed by atoms with van der Waals surface area (Å²) >= 11 is 5.69. The van der Waals surface area contributed by atoms with Crippen molar-refractivity contribution in [2.45, 2.75) is 97.7 Å². The molecule has 6 nitrogen and oxygen atoms in total. The second-order valence-corrected chi connectivity index (χ2v) is 15.0. The van der Waals surface area contributed by atoms with E-state index in [2.05, 4.69) is 56.5 Å². The number of thiocarbonyl (C=S) groups is 1. The van der Waals surface area contributed by atoms with Gasteiger partial charge < -0.3 is 19.7 Å². The quantitative estimate of drug-likeness (QED) is 0.224. The van der Waals surface area contributed by atoms with E-state index >= 15 is 0 Å². The van der Waals surface area contributed by atoms with Crippen LogP contribution in [0.1, 0.15) is 107 Å². The summed E-state index contributed by atoms with van der Waals surface area (Å²) in [6, 6.07) is 14.6. The molecule has 2 aromatic carbocycles. The van der Waals surface area contributed by atoms with Gasteiger partial charge in [0.1, 0.15) is 0 Å². The van der Waals surface area contributed by atoms with Gasteiger partial charge in [-0.05, 0) is 98.2 Å². The van der Waals surface area contributed by atoms with E-state index in [9.17, 15) is 9.36 Å². The van der Waals surface area contributed by atoms with Crippen molar-refractivity contribution in [2.75, 3.05) is 13.2 Å². The molecule has 4 rings (SSSR count). The fraction of sp³-hybridized carbons (Fsp3) is 0.576. The highest BCUT2D eigenvalue weighted by Gasteiger charge is 2.55. The minimum absolute atomic E-state index is 0.0768. The average Bonchev–Trinajstić information content (AvgIpc) is 2.92. The lowest BCUT2D eigenvalue weighted by atomic mass is 9.49. The molecule has 2 aromatic rings. The monoisotopic (exact) mass is 598 g/mol. The van der Waals surface area contributed by atoms with Crippen LogP contribution < -0.4 is 10.6 Å². The van der Waals surface area contributed by atoms with Crippen molar-refractivity contribution in [2.24, 2.45) is 11.3 Å². The van der Waals surface area contributed by atoms with Crippen LogP contribution in [0.25, 0.3) is 0 Å². The third kappa shape index (κ3) is 6.34. The Balaban J connectivity index is 1.58. The van der Waals surface area contributed by atoms with Gasteiger partial charge in [0.25, 0.3) is 0 Å². The Morgan fingerprint density at radius 3 is 2.29 bits per heavy atom. The van der Waals surface area contributed by atoms with Gasteiger partial charge in [-0.1, -0.05) is 82.1 Å². The van der Waals surface area contributed by atoms with Gasteiger partial charge in [-0.15, -0.1) is 0 Å². The van der Waals surface area contributed by atoms with Crippen LogP contribution in [-0.4, -0.2) is 24.2 Å². The standard InChI is InChI=1S/C33H47N2O4PS/c1-8-38-40(37,39-9-2)29(24-13-11-23(5)12-14-24)34-31(41)35-30(36)33(7)20-10-19-32(6)27-17-15-25(22(3)4)21-26(27)16-18-28(32)33/h11-15,17,21-22,28-29H,8-10,16,18-20H2,1-7H3,(H2,34,35,36,41)/t28-,29?,32-,33-/m1/s1. The number of carbonyl (C=O) groups is 1. The van der Waals surface area contributed by atoms with Crippen LogP contribution in [0.3, 0.4) is 0 Å². The molecule has 0 spiro atoms. The van der Waals surface area contributed by atoms with Crippen LogP contribution in [0.4, 0.5) is 0 Å². The number of hydrogen-bond acceptors (Lipinski definition) is 5. The van der Waals surface area contributed by atoms with Crippen LogP contribution in [0, 0.1) is 18.3 Å². The van der Waals surface area contributed by atoms with Gasteiger partial charge in [-0.2, -0.15) is 0 Å². The zero-order valence-corrected chi connectivity index (χ0v) is 27.4. The lowest BCUT2D eigenvalue weighted by Crippen LogP contribution is -2.57. The Hall–Kier alpha value is -2.05. The minimum atomic E-state index is -3.65. The third-order valence-electron chi connectivity index (χ3n) is 9.39. The molecule has 1 fully saturated rings. The first-order chi connectivity index (χ1) is 19.4. The molecule has 2 N–H and O–H groups in total. The smallest absolute Gasteiger partial charge is 0.345 e. The number of fused-ring (bicyclic) bond motifs is 3. The molecule has 4 atom stereocenters. The van der Waals surface area contributed by atoms with Crippen molar-refractivity contribution in [3.63, 3.8) is 0 Å². The van der Waals surface area contributed by atoms with Crippen molar-refractivity contribution in [1.29, 1.82) is 0 Å². The molecule has 224 valence electrons. The first-order valence-electron chi connectivity index (χ1n) is 15.1. The SMILES string of the molecule is CCOP(=O)(OCC)C(NC(=S)NC(=O)[C@]1(C)CCC[C@]2(C)c3ccc(C(C)C)cc3CC[C@@H]12)c1ccc(C)cc1. The second-order valence-electron chi connectivity index (χ2n) is 12.5. The van der Waals surface area contributed by atoms with Gasteiger partial charge in [0.05, 0.1) is 18.6 Å². The van der Waals surface area contributed by atoms with Gasteiger partial charge in [-0.25, -0.2) is 0 Å². The van der Waals surface area contributed by atoms with Crippen molar-refractivity contribution in [3.8, 4) is 0 Å². The Morgan fingerprint density at radius 2 is 1.68 bits per heavy atom. The summed E-state index contributed by atoms with van der Waals surface area (Å²) in [6.45, 7) is 14.9. The lowest BCUT2D eigenvalue weighted by molar-refractivity contribution is -0.137. The molecular formula is C33H47N2O4PS. The van der Waals surface area contributed by atoms with Crippen LogP contribution in [0.15, 0.2) is 42.5 Å². The number of benzene rings is 2. The van der Waals surface area contributed by atoms with Crippen molar-refractivity contribution in [1.82, 2.24) is 10.6 Å². The molecule has 8 heteroatoms. The van der Waals surface area contributed by atoms with Crippen LogP contribution in [0.5, 0.6) is 0 Å². The molecule has 0 saturated heterocycles. The number of hydrogen-bond donors (Lipinski definition) is 2. The maximum absolute atomic E-state index is 14.1. The molecular weight excluding hydrogens is 551 g/mol. The van der Waals surface area contributed by atoms with Crippen LogP contribution in [-0.2, 0) is 30.2 Å². The van der Waals surface area contributed by atoms with E-state index in [-0.39, 0.29) is 35.6 Å². The largest absolute Gasteiger partial charge is 0.357 e. The summed E-state index contributed by atoms with van der Waals surface area (Å²) < 4.78 is 25.3. The molecule has 0 radical (unpaired) electrons. The fourth-order valence-corrected chi connectivity index (χ4v) is 9.40. The normalized spacial score (nSPS) is 24.7. The highest BCUT2D eigenvalue weighted by Crippen LogP contribution is 2.60. The van der Waals surface area contributed by atoms with Gasteiger partial charge in [-0.3, -0.25) is 9.36 Å². The molecule has 0 bridgehead atoms. The number of amides is 1. The number of nitrogens with one attached hydrogen (secondary N) is 2. The third-order valence-corrected chi connectivity index (χ3v) is 11.9. The highest BCUT2D eigenvalue weighted by atomic mass is 32.1. The van der Waals surface area contributed by atoms with Crippen LogP contribution >= 0.6 is 19.8 Å². The summed E-state index contributed by atoms with van der Waals surface area (Å²) in [5, 5.41) is 6.29. The summed E-state index contributed by atoms with van der Waals surface area (Å²) in [7, 11) is -3.65. The van der Waals surface area contributed by atoms with E-state index in [1.807, 2.05) is 31.2 Å².